The molecule has 0 aliphatic heterocycles. The number of primary amides is 1. The van der Waals surface area contributed by atoms with Gasteiger partial charge in [-0.3, -0.25) is 9.59 Å². The van der Waals surface area contributed by atoms with Gasteiger partial charge in [0.1, 0.15) is 0 Å². The van der Waals surface area contributed by atoms with Crippen LogP contribution < -0.4 is 16.4 Å². The van der Waals surface area contributed by atoms with E-state index in [0.717, 1.165) is 12.8 Å². The monoisotopic (exact) mass is 339 g/mol. The van der Waals surface area contributed by atoms with E-state index in [1.54, 1.807) is 24.3 Å². The number of rotatable bonds is 7. The summed E-state index contributed by atoms with van der Waals surface area (Å²) >= 11 is 5.81. The van der Waals surface area contributed by atoms with Crippen molar-refractivity contribution in [3.8, 4) is 0 Å². The van der Waals surface area contributed by atoms with E-state index in [4.69, 9.17) is 22.1 Å². The molecule has 1 aliphatic carbocycles. The molecule has 0 spiro atoms. The molecule has 23 heavy (non-hydrogen) atoms. The van der Waals surface area contributed by atoms with Crippen LogP contribution in [0.4, 0.5) is 4.79 Å². The van der Waals surface area contributed by atoms with Gasteiger partial charge in [0.2, 0.25) is 0 Å². The Bertz CT molecular complexity index is 587. The number of benzene rings is 1. The van der Waals surface area contributed by atoms with Gasteiger partial charge in [0.15, 0.2) is 6.61 Å². The Balaban J connectivity index is 1.88. The van der Waals surface area contributed by atoms with Gasteiger partial charge in [-0.05, 0) is 30.5 Å². The van der Waals surface area contributed by atoms with Crippen LogP contribution >= 0.6 is 11.6 Å². The van der Waals surface area contributed by atoms with Crippen LogP contribution in [0.5, 0.6) is 0 Å². The van der Waals surface area contributed by atoms with Gasteiger partial charge in [0.25, 0.3) is 5.91 Å². The number of halogens is 1. The number of carbonyl (C=O) groups is 3. The number of carbonyl (C=O) groups excluding carboxylic acids is 3. The number of esters is 1. The Labute approximate surface area is 138 Å². The quantitative estimate of drug-likeness (QED) is 0.649. The normalized spacial score (nSPS) is 14.7. The van der Waals surface area contributed by atoms with Gasteiger partial charge in [0.05, 0.1) is 12.5 Å². The lowest BCUT2D eigenvalue weighted by atomic mass is 10.0. The van der Waals surface area contributed by atoms with Crippen LogP contribution in [0.1, 0.15) is 30.9 Å². The third-order valence-electron chi connectivity index (χ3n) is 3.27. The van der Waals surface area contributed by atoms with E-state index >= 15 is 0 Å². The summed E-state index contributed by atoms with van der Waals surface area (Å²) < 4.78 is 4.92. The molecule has 0 radical (unpaired) electrons. The first-order valence-corrected chi connectivity index (χ1v) is 7.58. The zero-order valence-electron chi connectivity index (χ0n) is 12.4. The fraction of sp³-hybridized carbons (Fsp3) is 0.400. The number of ether oxygens (including phenoxy) is 1. The predicted octanol–water partition coefficient (Wildman–Crippen LogP) is 1.26. The maximum absolute atomic E-state index is 11.9. The average molecular weight is 340 g/mol. The minimum atomic E-state index is -0.760. The third-order valence-corrected chi connectivity index (χ3v) is 3.52. The summed E-state index contributed by atoms with van der Waals surface area (Å²) in [5, 5.41) is 5.72. The van der Waals surface area contributed by atoms with Crippen LogP contribution in [0.2, 0.25) is 5.02 Å². The van der Waals surface area contributed by atoms with E-state index in [9.17, 15) is 14.4 Å². The molecule has 1 saturated carbocycles. The molecule has 0 heterocycles. The summed E-state index contributed by atoms with van der Waals surface area (Å²) in [5.41, 5.74) is 5.79. The molecular weight excluding hydrogens is 322 g/mol. The lowest BCUT2D eigenvalue weighted by Gasteiger charge is -2.17. The number of urea groups is 1. The molecule has 8 heteroatoms. The standard InChI is InChI=1S/C15H18ClN3O4/c16-10-3-1-9(2-4-10)12(19-15(17)22)7-14(21)23-8-13(20)18-11-5-6-11/h1-4,11-12H,5-8H2,(H,18,20)(H3,17,19,22)/t12-/m1/s1. The highest BCUT2D eigenvalue weighted by molar-refractivity contribution is 6.30. The first-order chi connectivity index (χ1) is 10.9. The van der Waals surface area contributed by atoms with Crippen molar-refractivity contribution < 1.29 is 19.1 Å². The highest BCUT2D eigenvalue weighted by Gasteiger charge is 2.24. The zero-order chi connectivity index (χ0) is 16.8. The number of hydrogen-bond acceptors (Lipinski definition) is 4. The molecule has 7 nitrogen and oxygen atoms in total. The summed E-state index contributed by atoms with van der Waals surface area (Å²) in [5.74, 6) is -0.934. The highest BCUT2D eigenvalue weighted by atomic mass is 35.5. The number of nitrogens with one attached hydrogen (secondary N) is 2. The first-order valence-electron chi connectivity index (χ1n) is 7.20. The highest BCUT2D eigenvalue weighted by Crippen LogP contribution is 2.20. The third kappa shape index (κ3) is 6.15. The van der Waals surface area contributed by atoms with Gasteiger partial charge in [0, 0.05) is 11.1 Å². The van der Waals surface area contributed by atoms with Crippen molar-refractivity contribution >= 4 is 29.5 Å². The summed E-state index contributed by atoms with van der Waals surface area (Å²) in [7, 11) is 0. The van der Waals surface area contributed by atoms with Gasteiger partial charge >= 0.3 is 12.0 Å². The summed E-state index contributed by atoms with van der Waals surface area (Å²) in [6.07, 6.45) is 1.78. The largest absolute Gasteiger partial charge is 0.456 e. The Morgan fingerprint density at radius 3 is 2.48 bits per heavy atom. The first kappa shape index (κ1) is 17.1. The molecule has 124 valence electrons. The fourth-order valence-electron chi connectivity index (χ4n) is 1.99. The van der Waals surface area contributed by atoms with Crippen molar-refractivity contribution in [1.82, 2.24) is 10.6 Å². The molecule has 1 aliphatic rings. The summed E-state index contributed by atoms with van der Waals surface area (Å²) in [6, 6.07) is 5.43. The van der Waals surface area contributed by atoms with Gasteiger partial charge in [-0.2, -0.15) is 0 Å². The van der Waals surface area contributed by atoms with E-state index in [-0.39, 0.29) is 25.0 Å². The number of nitrogens with two attached hydrogens (primary N) is 1. The van der Waals surface area contributed by atoms with Crippen LogP contribution in [0, 0.1) is 0 Å². The van der Waals surface area contributed by atoms with Crippen molar-refractivity contribution in [3.63, 3.8) is 0 Å². The Morgan fingerprint density at radius 1 is 1.26 bits per heavy atom. The second-order valence-electron chi connectivity index (χ2n) is 5.32. The molecule has 4 N–H and O–H groups in total. The summed E-state index contributed by atoms with van der Waals surface area (Å²) in [4.78, 5) is 34.4. The molecule has 1 fully saturated rings. The maximum Gasteiger partial charge on any atom is 0.312 e. The van der Waals surface area contributed by atoms with Crippen molar-refractivity contribution in [2.24, 2.45) is 5.73 Å². The molecule has 0 aromatic heterocycles. The van der Waals surface area contributed by atoms with Gasteiger partial charge in [-0.1, -0.05) is 23.7 Å². The van der Waals surface area contributed by atoms with Crippen LogP contribution in [-0.4, -0.2) is 30.6 Å². The van der Waals surface area contributed by atoms with Crippen LogP contribution in [-0.2, 0) is 14.3 Å². The second kappa shape index (κ2) is 7.82. The topological polar surface area (TPSA) is 111 Å². The van der Waals surface area contributed by atoms with Gasteiger partial charge in [-0.15, -0.1) is 0 Å². The van der Waals surface area contributed by atoms with Crippen molar-refractivity contribution in [2.45, 2.75) is 31.3 Å². The second-order valence-corrected chi connectivity index (χ2v) is 5.76. The van der Waals surface area contributed by atoms with Gasteiger partial charge < -0.3 is 21.1 Å². The fourth-order valence-corrected chi connectivity index (χ4v) is 2.11. The predicted molar refractivity (Wildman–Crippen MR) is 83.7 cm³/mol. The van der Waals surface area contributed by atoms with E-state index in [2.05, 4.69) is 10.6 Å². The molecule has 1 aromatic carbocycles. The molecule has 3 amide bonds. The lowest BCUT2D eigenvalue weighted by Crippen LogP contribution is -2.35. The van der Waals surface area contributed by atoms with Crippen molar-refractivity contribution in [1.29, 1.82) is 0 Å². The lowest BCUT2D eigenvalue weighted by molar-refractivity contribution is -0.149. The SMILES string of the molecule is NC(=O)N[C@H](CC(=O)OCC(=O)NC1CC1)c1ccc(Cl)cc1. The van der Waals surface area contributed by atoms with Crippen molar-refractivity contribution in [2.75, 3.05) is 6.61 Å². The Morgan fingerprint density at radius 2 is 1.91 bits per heavy atom. The molecular formula is C15H18ClN3O4. The van der Waals surface area contributed by atoms with Gasteiger partial charge in [-0.25, -0.2) is 4.79 Å². The average Bonchev–Trinajstić information content (AvgIpc) is 3.29. The number of amides is 3. The smallest absolute Gasteiger partial charge is 0.312 e. The maximum atomic E-state index is 11.9. The van der Waals surface area contributed by atoms with Crippen LogP contribution in [0.15, 0.2) is 24.3 Å². The molecule has 0 unspecified atom stereocenters. The molecule has 2 rings (SSSR count). The molecule has 1 aromatic rings. The molecule has 1 atom stereocenters. The van der Waals surface area contributed by atoms with Crippen LogP contribution in [0.25, 0.3) is 0 Å². The molecule has 0 bridgehead atoms. The number of hydrogen-bond donors (Lipinski definition) is 3. The van der Waals surface area contributed by atoms with E-state index in [1.165, 1.54) is 0 Å². The summed E-state index contributed by atoms with van der Waals surface area (Å²) in [6.45, 7) is -0.334. The zero-order valence-corrected chi connectivity index (χ0v) is 13.1. The minimum Gasteiger partial charge on any atom is -0.456 e. The molecule has 0 saturated heterocycles. The van der Waals surface area contributed by atoms with Crippen molar-refractivity contribution in [3.05, 3.63) is 34.9 Å². The van der Waals surface area contributed by atoms with E-state index in [0.29, 0.717) is 10.6 Å². The minimum absolute atomic E-state index is 0.138. The van der Waals surface area contributed by atoms with E-state index in [1.807, 2.05) is 0 Å². The van der Waals surface area contributed by atoms with Crippen LogP contribution in [0.3, 0.4) is 0 Å². The Kier molecular flexibility index (Phi) is 5.81. The Hall–Kier alpha value is -2.28. The van der Waals surface area contributed by atoms with E-state index < -0.39 is 18.0 Å².